The highest BCUT2D eigenvalue weighted by Crippen LogP contribution is 2.43. The summed E-state index contributed by atoms with van der Waals surface area (Å²) >= 11 is 3.28. The smallest absolute Gasteiger partial charge is 0.303 e. The normalized spacial score (nSPS) is 16.2. The first-order chi connectivity index (χ1) is 9.42. The van der Waals surface area contributed by atoms with Crippen molar-refractivity contribution in [3.8, 4) is 0 Å². The molecule has 2 rings (SSSR count). The van der Waals surface area contributed by atoms with Crippen LogP contribution in [0.4, 0.5) is 5.69 Å². The van der Waals surface area contributed by atoms with Crippen LogP contribution >= 0.6 is 15.9 Å². The van der Waals surface area contributed by atoms with Crippen LogP contribution in [0, 0.1) is 5.41 Å². The van der Waals surface area contributed by atoms with E-state index in [0.717, 1.165) is 19.3 Å². The minimum atomic E-state index is -0.811. The molecule has 1 fully saturated rings. The molecule has 20 heavy (non-hydrogen) atoms. The summed E-state index contributed by atoms with van der Waals surface area (Å²) in [6, 6.07) is 4.98. The van der Waals surface area contributed by atoms with Gasteiger partial charge in [-0.15, -0.1) is 0 Å². The van der Waals surface area contributed by atoms with Gasteiger partial charge in [-0.05, 0) is 52.4 Å². The van der Waals surface area contributed by atoms with Crippen LogP contribution in [0.25, 0.3) is 0 Å². The van der Waals surface area contributed by atoms with Crippen molar-refractivity contribution in [1.29, 1.82) is 0 Å². The lowest BCUT2D eigenvalue weighted by molar-refractivity contribution is -0.141. The van der Waals surface area contributed by atoms with Gasteiger partial charge in [0.15, 0.2) is 0 Å². The maximum absolute atomic E-state index is 12.1. The summed E-state index contributed by atoms with van der Waals surface area (Å²) in [6.45, 7) is 0.403. The number of aliphatic carboxylic acids is 1. The molecule has 0 heterocycles. The Kier molecular flexibility index (Phi) is 4.32. The highest BCUT2D eigenvalue weighted by atomic mass is 79.9. The number of carboxylic acids is 1. The van der Waals surface area contributed by atoms with Gasteiger partial charge in [-0.25, -0.2) is 0 Å². The average Bonchev–Trinajstić information content (AvgIpc) is 2.35. The molecule has 4 N–H and O–H groups in total. The highest BCUT2D eigenvalue weighted by molar-refractivity contribution is 9.10. The van der Waals surface area contributed by atoms with Gasteiger partial charge >= 0.3 is 5.97 Å². The molecule has 1 aromatic rings. The van der Waals surface area contributed by atoms with E-state index in [1.165, 1.54) is 0 Å². The fraction of sp³-hybridized carbons (Fsp3) is 0.429. The fourth-order valence-electron chi connectivity index (χ4n) is 2.45. The van der Waals surface area contributed by atoms with E-state index in [1.807, 2.05) is 0 Å². The Balaban J connectivity index is 1.97. The molecule has 6 heteroatoms. The second-order valence-corrected chi connectivity index (χ2v) is 6.20. The number of carbonyl (C=O) groups is 2. The number of nitrogen functional groups attached to an aromatic ring is 1. The minimum Gasteiger partial charge on any atom is -0.481 e. The lowest BCUT2D eigenvalue weighted by atomic mass is 9.66. The van der Waals surface area contributed by atoms with Gasteiger partial charge in [0.1, 0.15) is 0 Å². The van der Waals surface area contributed by atoms with Crippen molar-refractivity contribution in [1.82, 2.24) is 5.32 Å². The average molecular weight is 341 g/mol. The number of rotatable bonds is 5. The standard InChI is InChI=1S/C14H17BrN2O3/c15-10-6-9(2-3-11(10)16)13(20)17-8-14(4-1-5-14)7-12(18)19/h2-3,6H,1,4-5,7-8,16H2,(H,17,20)(H,18,19). The second kappa shape index (κ2) is 5.83. The van der Waals surface area contributed by atoms with Crippen LogP contribution < -0.4 is 11.1 Å². The largest absolute Gasteiger partial charge is 0.481 e. The third-order valence-corrected chi connectivity index (χ3v) is 4.51. The first-order valence-corrected chi connectivity index (χ1v) is 7.26. The van der Waals surface area contributed by atoms with Crippen molar-refractivity contribution in [3.63, 3.8) is 0 Å². The van der Waals surface area contributed by atoms with Crippen LogP contribution in [-0.4, -0.2) is 23.5 Å². The Morgan fingerprint density at radius 2 is 2.10 bits per heavy atom. The van der Waals surface area contributed by atoms with Crippen LogP contribution in [0.1, 0.15) is 36.0 Å². The van der Waals surface area contributed by atoms with E-state index in [-0.39, 0.29) is 17.7 Å². The summed E-state index contributed by atoms with van der Waals surface area (Å²) in [6.07, 6.45) is 2.84. The molecule has 1 aromatic carbocycles. The Hall–Kier alpha value is -1.56. The zero-order valence-corrected chi connectivity index (χ0v) is 12.6. The zero-order valence-electron chi connectivity index (χ0n) is 11.0. The summed E-state index contributed by atoms with van der Waals surface area (Å²) in [4.78, 5) is 22.9. The minimum absolute atomic E-state index is 0.110. The molecule has 1 saturated carbocycles. The molecule has 0 spiro atoms. The van der Waals surface area contributed by atoms with Crippen LogP contribution in [-0.2, 0) is 4.79 Å². The second-order valence-electron chi connectivity index (χ2n) is 5.34. The molecule has 0 aromatic heterocycles. The maximum Gasteiger partial charge on any atom is 0.303 e. The van der Waals surface area contributed by atoms with Crippen molar-refractivity contribution in [2.75, 3.05) is 12.3 Å². The van der Waals surface area contributed by atoms with E-state index in [4.69, 9.17) is 10.8 Å². The van der Waals surface area contributed by atoms with Crippen molar-refractivity contribution in [2.45, 2.75) is 25.7 Å². The summed E-state index contributed by atoms with van der Waals surface area (Å²) in [5.41, 5.74) is 6.48. The summed E-state index contributed by atoms with van der Waals surface area (Å²) in [5, 5.41) is 11.8. The monoisotopic (exact) mass is 340 g/mol. The van der Waals surface area contributed by atoms with Gasteiger partial charge in [0.2, 0.25) is 0 Å². The molecule has 1 aliphatic rings. The number of nitrogens with two attached hydrogens (primary N) is 1. The van der Waals surface area contributed by atoms with Crippen LogP contribution in [0.2, 0.25) is 0 Å². The van der Waals surface area contributed by atoms with Crippen LogP contribution in [0.3, 0.4) is 0 Å². The third-order valence-electron chi connectivity index (χ3n) is 3.83. The molecular formula is C14H17BrN2O3. The van der Waals surface area contributed by atoms with Gasteiger partial charge in [0, 0.05) is 22.3 Å². The molecular weight excluding hydrogens is 324 g/mol. The van der Waals surface area contributed by atoms with E-state index in [1.54, 1.807) is 18.2 Å². The molecule has 0 saturated heterocycles. The number of nitrogens with one attached hydrogen (secondary N) is 1. The number of hydrogen-bond donors (Lipinski definition) is 3. The third kappa shape index (κ3) is 3.30. The van der Waals surface area contributed by atoms with E-state index in [9.17, 15) is 9.59 Å². The lowest BCUT2D eigenvalue weighted by Gasteiger charge is -2.40. The molecule has 1 aliphatic carbocycles. The number of benzene rings is 1. The number of amides is 1. The van der Waals surface area contributed by atoms with Gasteiger partial charge in [-0.1, -0.05) is 6.42 Å². The Morgan fingerprint density at radius 3 is 2.60 bits per heavy atom. The SMILES string of the molecule is Nc1ccc(C(=O)NCC2(CC(=O)O)CCC2)cc1Br. The molecule has 108 valence electrons. The van der Waals surface area contributed by atoms with E-state index in [2.05, 4.69) is 21.2 Å². The Labute approximate surface area is 125 Å². The van der Waals surface area contributed by atoms with Crippen LogP contribution in [0.15, 0.2) is 22.7 Å². The number of halogens is 1. The molecule has 0 radical (unpaired) electrons. The molecule has 1 amide bonds. The number of anilines is 1. The number of hydrogen-bond acceptors (Lipinski definition) is 3. The van der Waals surface area contributed by atoms with Gasteiger partial charge in [0.25, 0.3) is 5.91 Å². The van der Waals surface area contributed by atoms with Gasteiger partial charge in [0.05, 0.1) is 6.42 Å². The molecule has 0 atom stereocenters. The number of carboxylic acid groups (broad SMARTS) is 1. The maximum atomic E-state index is 12.1. The summed E-state index contributed by atoms with van der Waals surface area (Å²) in [5.74, 6) is -1.02. The Morgan fingerprint density at radius 1 is 1.40 bits per heavy atom. The highest BCUT2D eigenvalue weighted by Gasteiger charge is 2.39. The van der Waals surface area contributed by atoms with Gasteiger partial charge in [-0.2, -0.15) is 0 Å². The van der Waals surface area contributed by atoms with Crippen molar-refractivity contribution in [2.24, 2.45) is 5.41 Å². The van der Waals surface area contributed by atoms with Crippen molar-refractivity contribution in [3.05, 3.63) is 28.2 Å². The molecule has 0 aliphatic heterocycles. The van der Waals surface area contributed by atoms with Crippen molar-refractivity contribution < 1.29 is 14.7 Å². The summed E-state index contributed by atoms with van der Waals surface area (Å²) in [7, 11) is 0. The number of carbonyl (C=O) groups excluding carboxylic acids is 1. The summed E-state index contributed by atoms with van der Waals surface area (Å²) < 4.78 is 0.675. The van der Waals surface area contributed by atoms with Crippen molar-refractivity contribution >= 4 is 33.5 Å². The zero-order chi connectivity index (χ0) is 14.8. The first-order valence-electron chi connectivity index (χ1n) is 6.47. The Bertz CT molecular complexity index is 541. The lowest BCUT2D eigenvalue weighted by Crippen LogP contribution is -2.43. The van der Waals surface area contributed by atoms with Gasteiger partial charge < -0.3 is 16.2 Å². The van der Waals surface area contributed by atoms with E-state index >= 15 is 0 Å². The predicted molar refractivity (Wildman–Crippen MR) is 79.4 cm³/mol. The molecule has 0 bridgehead atoms. The van der Waals surface area contributed by atoms with E-state index < -0.39 is 5.97 Å². The predicted octanol–water partition coefficient (Wildman–Crippen LogP) is 2.41. The molecule has 0 unspecified atom stereocenters. The van der Waals surface area contributed by atoms with Crippen LogP contribution in [0.5, 0.6) is 0 Å². The van der Waals surface area contributed by atoms with E-state index in [0.29, 0.717) is 22.3 Å². The first kappa shape index (κ1) is 14.8. The fourth-order valence-corrected chi connectivity index (χ4v) is 2.83. The van der Waals surface area contributed by atoms with Gasteiger partial charge in [-0.3, -0.25) is 9.59 Å². The topological polar surface area (TPSA) is 92.4 Å². The molecule has 5 nitrogen and oxygen atoms in total. The quantitative estimate of drug-likeness (QED) is 0.717.